The number of anilines is 2. The van der Waals surface area contributed by atoms with Crippen molar-refractivity contribution in [1.29, 1.82) is 0 Å². The molecule has 2 aromatic rings. The fraction of sp³-hybridized carbons (Fsp3) is 0.429. The Morgan fingerprint density at radius 2 is 1.68 bits per heavy atom. The molecule has 4 rings (SSSR count). The van der Waals surface area contributed by atoms with Gasteiger partial charge in [0.1, 0.15) is 0 Å². The number of aliphatic carboxylic acids is 1. The van der Waals surface area contributed by atoms with Gasteiger partial charge in [0.05, 0.1) is 22.4 Å². The van der Waals surface area contributed by atoms with Crippen LogP contribution in [0.15, 0.2) is 30.3 Å². The maximum absolute atomic E-state index is 13.2. The number of hydrogen-bond acceptors (Lipinski definition) is 7. The molecule has 2 unspecified atom stereocenters. The molecule has 1 amide bonds. The molecule has 2 aromatic carbocycles. The van der Waals surface area contributed by atoms with Gasteiger partial charge >= 0.3 is 0 Å². The number of nitrogens with two attached hydrogens (primary N) is 1. The fourth-order valence-electron chi connectivity index (χ4n) is 5.01. The summed E-state index contributed by atoms with van der Waals surface area (Å²) in [7, 11) is 1.66. The van der Waals surface area contributed by atoms with Gasteiger partial charge in [-0.05, 0) is 37.8 Å². The van der Waals surface area contributed by atoms with Crippen molar-refractivity contribution in [1.82, 2.24) is 10.6 Å². The van der Waals surface area contributed by atoms with Gasteiger partial charge in [-0.25, -0.2) is 0 Å². The Balaban J connectivity index is 0.000000886. The van der Waals surface area contributed by atoms with Gasteiger partial charge in [-0.15, -0.1) is 0 Å². The van der Waals surface area contributed by atoms with Crippen molar-refractivity contribution in [2.75, 3.05) is 31.2 Å². The lowest BCUT2D eigenvalue weighted by atomic mass is 9.81. The Labute approximate surface area is 217 Å². The van der Waals surface area contributed by atoms with E-state index in [1.165, 1.54) is 25.7 Å². The first-order chi connectivity index (χ1) is 17.6. The Morgan fingerprint density at radius 1 is 1.05 bits per heavy atom. The van der Waals surface area contributed by atoms with Gasteiger partial charge < -0.3 is 26.8 Å². The van der Waals surface area contributed by atoms with E-state index in [9.17, 15) is 14.4 Å². The molecule has 1 saturated carbocycles. The van der Waals surface area contributed by atoms with E-state index in [1.54, 1.807) is 37.4 Å². The summed E-state index contributed by atoms with van der Waals surface area (Å²) >= 11 is 0. The van der Waals surface area contributed by atoms with Gasteiger partial charge in [-0.1, -0.05) is 44.0 Å². The lowest BCUT2D eigenvalue weighted by molar-refractivity contribution is -0.134. The maximum atomic E-state index is 13.2. The zero-order valence-corrected chi connectivity index (χ0v) is 21.6. The molecule has 9 nitrogen and oxygen atoms in total. The molecule has 1 fully saturated rings. The van der Waals surface area contributed by atoms with Crippen molar-refractivity contribution in [2.45, 2.75) is 52.0 Å². The van der Waals surface area contributed by atoms with Crippen LogP contribution in [0.3, 0.4) is 0 Å². The minimum Gasteiger partial charge on any atom is -0.481 e. The topological polar surface area (TPSA) is 151 Å². The molecule has 2 aliphatic rings. The molecular formula is C28H36N4O5. The van der Waals surface area contributed by atoms with Crippen LogP contribution in [0.5, 0.6) is 0 Å². The number of rotatable bonds is 7. The summed E-state index contributed by atoms with van der Waals surface area (Å²) in [5, 5.41) is 16.9. The Kier molecular flexibility index (Phi) is 9.41. The van der Waals surface area contributed by atoms with Gasteiger partial charge in [-0.3, -0.25) is 19.2 Å². The SMILES string of the molecule is CC(=O)O.CNc1cc(C(=O)NCCCNC2CCCC(C)C2)c(N)c2c1C(=O)c1ccccc1C2=O. The third kappa shape index (κ3) is 6.54. The smallest absolute Gasteiger partial charge is 0.300 e. The number of carboxylic acids is 1. The molecular weight excluding hydrogens is 472 g/mol. The molecule has 9 heteroatoms. The quantitative estimate of drug-likeness (QED) is 0.240. The van der Waals surface area contributed by atoms with Gasteiger partial charge in [-0.2, -0.15) is 0 Å². The van der Waals surface area contributed by atoms with E-state index in [0.717, 1.165) is 25.8 Å². The lowest BCUT2D eigenvalue weighted by Gasteiger charge is -2.27. The molecule has 0 saturated heterocycles. The predicted octanol–water partition coefficient (Wildman–Crippen LogP) is 3.47. The van der Waals surface area contributed by atoms with E-state index in [2.05, 4.69) is 22.9 Å². The first-order valence-corrected chi connectivity index (χ1v) is 12.7. The van der Waals surface area contributed by atoms with E-state index in [4.69, 9.17) is 15.6 Å². The number of fused-ring (bicyclic) bond motifs is 2. The molecule has 0 aromatic heterocycles. The van der Waals surface area contributed by atoms with Crippen LogP contribution in [0.1, 0.15) is 88.2 Å². The summed E-state index contributed by atoms with van der Waals surface area (Å²) in [6, 6.07) is 8.81. The van der Waals surface area contributed by atoms with Crippen molar-refractivity contribution < 1.29 is 24.3 Å². The van der Waals surface area contributed by atoms with Crippen molar-refractivity contribution in [2.24, 2.45) is 5.92 Å². The first-order valence-electron chi connectivity index (χ1n) is 12.7. The molecule has 0 heterocycles. The van der Waals surface area contributed by atoms with Crippen molar-refractivity contribution in [3.8, 4) is 0 Å². The Morgan fingerprint density at radius 3 is 2.27 bits per heavy atom. The normalized spacial score (nSPS) is 18.1. The molecule has 37 heavy (non-hydrogen) atoms. The number of amides is 1. The van der Waals surface area contributed by atoms with Gasteiger partial charge in [0.25, 0.3) is 11.9 Å². The molecule has 0 aliphatic heterocycles. The third-order valence-electron chi connectivity index (χ3n) is 6.76. The number of carbonyl (C=O) groups excluding carboxylic acids is 3. The highest BCUT2D eigenvalue weighted by Crippen LogP contribution is 2.37. The number of ketones is 2. The third-order valence-corrected chi connectivity index (χ3v) is 6.76. The van der Waals surface area contributed by atoms with Crippen LogP contribution in [0.25, 0.3) is 0 Å². The van der Waals surface area contributed by atoms with E-state index >= 15 is 0 Å². The zero-order valence-electron chi connectivity index (χ0n) is 21.6. The van der Waals surface area contributed by atoms with Crippen LogP contribution in [0, 0.1) is 5.92 Å². The first kappa shape index (κ1) is 27.9. The Hall–Kier alpha value is -3.72. The number of hydrogen-bond donors (Lipinski definition) is 5. The molecule has 2 atom stereocenters. The highest BCUT2D eigenvalue weighted by atomic mass is 16.4. The summed E-state index contributed by atoms with van der Waals surface area (Å²) in [6.45, 7) is 4.71. The van der Waals surface area contributed by atoms with Crippen LogP contribution in [0.2, 0.25) is 0 Å². The molecule has 6 N–H and O–H groups in total. The van der Waals surface area contributed by atoms with Gasteiger partial charge in [0.2, 0.25) is 0 Å². The summed E-state index contributed by atoms with van der Waals surface area (Å²) in [5.74, 6) is -1.02. The molecule has 0 bridgehead atoms. The van der Waals surface area contributed by atoms with Crippen LogP contribution >= 0.6 is 0 Å². The molecule has 198 valence electrons. The van der Waals surface area contributed by atoms with Crippen molar-refractivity contribution in [3.63, 3.8) is 0 Å². The summed E-state index contributed by atoms with van der Waals surface area (Å²) in [4.78, 5) is 48.2. The average molecular weight is 509 g/mol. The molecule has 2 aliphatic carbocycles. The second kappa shape index (κ2) is 12.5. The Bertz CT molecular complexity index is 1190. The highest BCUT2D eigenvalue weighted by Gasteiger charge is 2.35. The second-order valence-corrected chi connectivity index (χ2v) is 9.64. The average Bonchev–Trinajstić information content (AvgIpc) is 2.86. The van der Waals surface area contributed by atoms with Gasteiger partial charge in [0.15, 0.2) is 11.6 Å². The van der Waals surface area contributed by atoms with E-state index in [-0.39, 0.29) is 39.9 Å². The van der Waals surface area contributed by atoms with Crippen LogP contribution < -0.4 is 21.7 Å². The maximum Gasteiger partial charge on any atom is 0.300 e. The zero-order chi connectivity index (χ0) is 27.1. The number of nitrogen functional groups attached to an aromatic ring is 1. The van der Waals surface area contributed by atoms with Crippen LogP contribution in [-0.2, 0) is 4.79 Å². The number of carboxylic acid groups (broad SMARTS) is 1. The van der Waals surface area contributed by atoms with Crippen molar-refractivity contribution in [3.05, 3.63) is 58.1 Å². The van der Waals surface area contributed by atoms with Crippen LogP contribution in [0.4, 0.5) is 11.4 Å². The number of carbonyl (C=O) groups is 4. The largest absolute Gasteiger partial charge is 0.481 e. The van der Waals surface area contributed by atoms with E-state index < -0.39 is 5.97 Å². The lowest BCUT2D eigenvalue weighted by Crippen LogP contribution is -2.36. The minimum atomic E-state index is -0.833. The summed E-state index contributed by atoms with van der Waals surface area (Å²) < 4.78 is 0. The van der Waals surface area contributed by atoms with Crippen LogP contribution in [-0.4, -0.2) is 54.7 Å². The summed E-state index contributed by atoms with van der Waals surface area (Å²) in [5.41, 5.74) is 7.96. The monoisotopic (exact) mass is 508 g/mol. The minimum absolute atomic E-state index is 0.0451. The summed E-state index contributed by atoms with van der Waals surface area (Å²) in [6.07, 6.45) is 5.80. The van der Waals surface area contributed by atoms with Crippen molar-refractivity contribution >= 4 is 34.8 Å². The predicted molar refractivity (Wildman–Crippen MR) is 143 cm³/mol. The number of benzene rings is 2. The molecule has 0 spiro atoms. The molecule has 0 radical (unpaired) electrons. The highest BCUT2D eigenvalue weighted by molar-refractivity contribution is 6.32. The fourth-order valence-corrected chi connectivity index (χ4v) is 5.01. The number of nitrogens with one attached hydrogen (secondary N) is 3. The standard InChI is InChI=1S/C26H32N4O3.C2H4O2/c1-15-7-5-8-16(13-15)29-11-6-12-30-26(33)19-14-20(28-2)21-22(23(19)27)25(32)18-10-4-3-9-17(18)24(21)31;1-2(3)4/h3-4,9-10,14-16,28-29H,5-8,11-13,27H2,1-2H3,(H,30,33);1H3,(H,3,4). The van der Waals surface area contributed by atoms with E-state index in [1.807, 2.05) is 0 Å². The van der Waals surface area contributed by atoms with E-state index in [0.29, 0.717) is 29.4 Å². The van der Waals surface area contributed by atoms with Gasteiger partial charge in [0, 0.05) is 43.4 Å². The second-order valence-electron chi connectivity index (χ2n) is 9.64.